The molecule has 0 spiro atoms. The van der Waals surface area contributed by atoms with Crippen molar-refractivity contribution in [2.24, 2.45) is 0 Å². The summed E-state index contributed by atoms with van der Waals surface area (Å²) in [5.74, 6) is -0.679. The van der Waals surface area contributed by atoms with Crippen LogP contribution >= 0.6 is 21.6 Å². The van der Waals surface area contributed by atoms with E-state index in [1.54, 1.807) is 10.8 Å². The van der Waals surface area contributed by atoms with Crippen molar-refractivity contribution in [3.05, 3.63) is 0 Å². The van der Waals surface area contributed by atoms with Crippen molar-refractivity contribution >= 4 is 27.6 Å². The number of carboxylic acids is 1. The minimum absolute atomic E-state index is 0.153. The summed E-state index contributed by atoms with van der Waals surface area (Å²) in [5, 5.41) is 8.52. The van der Waals surface area contributed by atoms with Crippen LogP contribution in [0.3, 0.4) is 0 Å². The van der Waals surface area contributed by atoms with Crippen molar-refractivity contribution in [1.82, 2.24) is 0 Å². The Kier molecular flexibility index (Phi) is 1.72. The Morgan fingerprint density at radius 2 is 2.25 bits per heavy atom. The molecule has 1 N–H and O–H groups in total. The highest BCUT2D eigenvalue weighted by atomic mass is 33.1. The Morgan fingerprint density at radius 1 is 1.62 bits per heavy atom. The third kappa shape index (κ3) is 0.951. The average Bonchev–Trinajstić information content (AvgIpc) is 1.61. The van der Waals surface area contributed by atoms with Crippen molar-refractivity contribution < 1.29 is 9.90 Å². The molecule has 0 aliphatic carbocycles. The molecule has 1 rings (SSSR count). The third-order valence-electron chi connectivity index (χ3n) is 0.981. The minimum atomic E-state index is -0.679. The minimum Gasteiger partial charge on any atom is -0.480 e. The second-order valence-corrected chi connectivity index (χ2v) is 4.45. The molecule has 0 bridgehead atoms. The molecule has 1 fully saturated rings. The molecule has 2 unspecified atom stereocenters. The molecule has 0 saturated carbocycles. The lowest BCUT2D eigenvalue weighted by molar-refractivity contribution is -0.136. The summed E-state index contributed by atoms with van der Waals surface area (Å²) in [5.41, 5.74) is 0. The summed E-state index contributed by atoms with van der Waals surface area (Å²) in [6, 6.07) is 0. The van der Waals surface area contributed by atoms with Gasteiger partial charge in [0.25, 0.3) is 0 Å². The molecule has 1 aliphatic rings. The Balaban J connectivity index is 2.37. The highest BCUT2D eigenvalue weighted by Gasteiger charge is 2.35. The molecule has 0 amide bonds. The second kappa shape index (κ2) is 2.19. The van der Waals surface area contributed by atoms with Gasteiger partial charge in [0.1, 0.15) is 5.25 Å². The lowest BCUT2D eigenvalue weighted by Gasteiger charge is -2.27. The van der Waals surface area contributed by atoms with Crippen LogP contribution in [0, 0.1) is 0 Å². The third-order valence-corrected chi connectivity index (χ3v) is 4.52. The Morgan fingerprint density at radius 3 is 2.25 bits per heavy atom. The molecule has 1 saturated heterocycles. The molecular weight excluding hydrogens is 144 g/mol. The van der Waals surface area contributed by atoms with E-state index in [1.165, 1.54) is 10.8 Å². The maximum atomic E-state index is 10.2. The zero-order valence-corrected chi connectivity index (χ0v) is 5.96. The molecule has 2 nitrogen and oxygen atoms in total. The van der Waals surface area contributed by atoms with Crippen molar-refractivity contribution in [1.29, 1.82) is 0 Å². The number of carbonyl (C=O) groups is 1. The fourth-order valence-corrected chi connectivity index (χ4v) is 2.69. The van der Waals surface area contributed by atoms with E-state index in [0.29, 0.717) is 5.25 Å². The highest BCUT2D eigenvalue weighted by molar-refractivity contribution is 8.80. The zero-order valence-electron chi connectivity index (χ0n) is 4.33. The molecule has 0 aromatic heterocycles. The summed E-state index contributed by atoms with van der Waals surface area (Å²) >= 11 is 0. The molecule has 1 aliphatic heterocycles. The van der Waals surface area contributed by atoms with E-state index in [0.717, 1.165) is 0 Å². The van der Waals surface area contributed by atoms with Crippen molar-refractivity contribution in [3.63, 3.8) is 0 Å². The summed E-state index contributed by atoms with van der Waals surface area (Å²) < 4.78 is 0. The van der Waals surface area contributed by atoms with Gasteiger partial charge in [0.05, 0.1) is 0 Å². The van der Waals surface area contributed by atoms with Gasteiger partial charge in [0.2, 0.25) is 0 Å². The number of aliphatic carboxylic acids is 1. The first-order valence-electron chi connectivity index (χ1n) is 2.27. The number of hydrogen-bond donors (Lipinski definition) is 1. The van der Waals surface area contributed by atoms with E-state index in [4.69, 9.17) is 5.11 Å². The standard InChI is InChI=1S/C4H6O2S2/c1-2-3(4(5)6)8-7-2/h2-3H,1H3,(H,5,6). The van der Waals surface area contributed by atoms with Gasteiger partial charge < -0.3 is 5.11 Å². The second-order valence-electron chi connectivity index (χ2n) is 1.66. The predicted molar refractivity (Wildman–Crippen MR) is 36.1 cm³/mol. The molecule has 0 radical (unpaired) electrons. The van der Waals surface area contributed by atoms with Gasteiger partial charge in [-0.2, -0.15) is 0 Å². The zero-order chi connectivity index (χ0) is 6.15. The first-order valence-corrected chi connectivity index (χ1v) is 4.54. The molecule has 0 aromatic rings. The van der Waals surface area contributed by atoms with Gasteiger partial charge in [-0.15, -0.1) is 0 Å². The van der Waals surface area contributed by atoms with E-state index in [1.807, 2.05) is 6.92 Å². The molecule has 1 heterocycles. The van der Waals surface area contributed by atoms with Crippen LogP contribution in [-0.2, 0) is 4.79 Å². The van der Waals surface area contributed by atoms with Gasteiger partial charge in [0.15, 0.2) is 0 Å². The van der Waals surface area contributed by atoms with Gasteiger partial charge in [-0.05, 0) is 0 Å². The molecular formula is C4H6O2S2. The van der Waals surface area contributed by atoms with E-state index < -0.39 is 5.97 Å². The maximum Gasteiger partial charge on any atom is 0.318 e. The highest BCUT2D eigenvalue weighted by Crippen LogP contribution is 2.47. The SMILES string of the molecule is CC1SSC1C(=O)O. The summed E-state index contributed by atoms with van der Waals surface area (Å²) in [6.07, 6.45) is 0. The number of carboxylic acid groups (broad SMARTS) is 1. The fourth-order valence-electron chi connectivity index (χ4n) is 0.464. The lowest BCUT2D eigenvalue weighted by atomic mass is 10.3. The van der Waals surface area contributed by atoms with Crippen LogP contribution in [-0.4, -0.2) is 21.6 Å². The van der Waals surface area contributed by atoms with Crippen molar-refractivity contribution in [2.75, 3.05) is 0 Å². The largest absolute Gasteiger partial charge is 0.480 e. The summed E-state index contributed by atoms with van der Waals surface area (Å²) in [6.45, 7) is 1.93. The van der Waals surface area contributed by atoms with Crippen molar-refractivity contribution in [3.8, 4) is 0 Å². The average molecular weight is 150 g/mol. The van der Waals surface area contributed by atoms with Gasteiger partial charge >= 0.3 is 5.97 Å². The van der Waals surface area contributed by atoms with Gasteiger partial charge in [-0.25, -0.2) is 0 Å². The van der Waals surface area contributed by atoms with Crippen LogP contribution in [0.15, 0.2) is 0 Å². The van der Waals surface area contributed by atoms with Crippen LogP contribution in [0.25, 0.3) is 0 Å². The Labute approximate surface area is 55.4 Å². The Hall–Kier alpha value is 0.170. The van der Waals surface area contributed by atoms with Crippen LogP contribution in [0.2, 0.25) is 0 Å². The van der Waals surface area contributed by atoms with Gasteiger partial charge in [0, 0.05) is 5.25 Å². The van der Waals surface area contributed by atoms with E-state index >= 15 is 0 Å². The summed E-state index contributed by atoms with van der Waals surface area (Å²) in [4.78, 5) is 10.2. The molecule has 46 valence electrons. The molecule has 0 aromatic carbocycles. The first-order chi connectivity index (χ1) is 3.72. The van der Waals surface area contributed by atoms with Crippen LogP contribution in [0.4, 0.5) is 0 Å². The topological polar surface area (TPSA) is 37.3 Å². The quantitative estimate of drug-likeness (QED) is 0.570. The molecule has 8 heavy (non-hydrogen) atoms. The van der Waals surface area contributed by atoms with E-state index in [2.05, 4.69) is 0 Å². The monoisotopic (exact) mass is 150 g/mol. The maximum absolute atomic E-state index is 10.2. The van der Waals surface area contributed by atoms with Crippen molar-refractivity contribution in [2.45, 2.75) is 17.4 Å². The van der Waals surface area contributed by atoms with Crippen LogP contribution in [0.5, 0.6) is 0 Å². The normalized spacial score (nSPS) is 36.1. The number of rotatable bonds is 1. The number of hydrogen-bond acceptors (Lipinski definition) is 3. The van der Waals surface area contributed by atoms with Gasteiger partial charge in [-0.1, -0.05) is 28.5 Å². The Bertz CT molecular complexity index is 115. The lowest BCUT2D eigenvalue weighted by Crippen LogP contribution is -2.31. The molecule has 2 atom stereocenters. The van der Waals surface area contributed by atoms with Crippen LogP contribution < -0.4 is 0 Å². The van der Waals surface area contributed by atoms with Crippen LogP contribution in [0.1, 0.15) is 6.92 Å². The smallest absolute Gasteiger partial charge is 0.318 e. The van der Waals surface area contributed by atoms with E-state index in [9.17, 15) is 4.79 Å². The van der Waals surface area contributed by atoms with Gasteiger partial charge in [-0.3, -0.25) is 4.79 Å². The first kappa shape index (κ1) is 6.29. The van der Waals surface area contributed by atoms with E-state index in [-0.39, 0.29) is 5.25 Å². The fraction of sp³-hybridized carbons (Fsp3) is 0.750. The molecule has 4 heteroatoms. The predicted octanol–water partition coefficient (Wildman–Crippen LogP) is 1.22. The summed E-state index contributed by atoms with van der Waals surface area (Å²) in [7, 11) is 3.07.